The molecule has 0 saturated carbocycles. The molecule has 1 N–H and O–H groups in total. The van der Waals surface area contributed by atoms with Crippen molar-refractivity contribution in [3.63, 3.8) is 0 Å². The highest BCUT2D eigenvalue weighted by Gasteiger charge is 2.33. The van der Waals surface area contributed by atoms with Crippen LogP contribution < -0.4 is 5.32 Å². The number of nitrogens with zero attached hydrogens (tertiary/aromatic N) is 2. The molecule has 1 aromatic rings. The van der Waals surface area contributed by atoms with Crippen LogP contribution in [0, 0.1) is 11.3 Å². The number of alkyl halides is 5. The highest BCUT2D eigenvalue weighted by molar-refractivity contribution is 5.52. The normalized spacial score (nSPS) is 11.4. The van der Waals surface area contributed by atoms with E-state index in [2.05, 4.69) is 4.98 Å². The Morgan fingerprint density at radius 1 is 1.35 bits per heavy atom. The van der Waals surface area contributed by atoms with E-state index in [0.717, 1.165) is 6.07 Å². The van der Waals surface area contributed by atoms with E-state index in [9.17, 15) is 22.0 Å². The Balaban J connectivity index is 3.04. The summed E-state index contributed by atoms with van der Waals surface area (Å²) < 4.78 is 60.6. The van der Waals surface area contributed by atoms with Crippen molar-refractivity contribution in [1.29, 1.82) is 5.26 Å². The highest BCUT2D eigenvalue weighted by atomic mass is 19.4. The number of pyridine rings is 1. The lowest BCUT2D eigenvalue weighted by atomic mass is 10.2. The van der Waals surface area contributed by atoms with Gasteiger partial charge in [-0.3, -0.25) is 0 Å². The third kappa shape index (κ3) is 3.55. The highest BCUT2D eigenvalue weighted by Crippen LogP contribution is 2.29. The minimum absolute atomic E-state index is 0.223. The summed E-state index contributed by atoms with van der Waals surface area (Å²) in [5.74, 6) is -0.498. The molecule has 0 aliphatic heterocycles. The molecule has 1 rings (SSSR count). The number of anilines is 1. The van der Waals surface area contributed by atoms with Gasteiger partial charge in [-0.25, -0.2) is 13.8 Å². The van der Waals surface area contributed by atoms with Gasteiger partial charge in [0.05, 0.1) is 12.1 Å². The van der Waals surface area contributed by atoms with Crippen LogP contribution in [0.4, 0.5) is 27.8 Å². The molecular formula is C9H6F5N3. The number of rotatable bonds is 3. The SMILES string of the molecule is N#Cc1ccc(C(F)(F)F)nc1NCC(F)F. The summed E-state index contributed by atoms with van der Waals surface area (Å²) in [5, 5.41) is 10.6. The molecule has 92 valence electrons. The summed E-state index contributed by atoms with van der Waals surface area (Å²) in [5.41, 5.74) is -1.47. The number of nitriles is 1. The Kier molecular flexibility index (Phi) is 3.83. The molecule has 3 nitrogen and oxygen atoms in total. The molecule has 0 amide bonds. The predicted molar refractivity (Wildman–Crippen MR) is 48.4 cm³/mol. The van der Waals surface area contributed by atoms with E-state index in [1.54, 1.807) is 6.07 Å². The van der Waals surface area contributed by atoms with Gasteiger partial charge in [0.2, 0.25) is 0 Å². The van der Waals surface area contributed by atoms with Crippen molar-refractivity contribution in [2.45, 2.75) is 12.6 Å². The van der Waals surface area contributed by atoms with Gasteiger partial charge in [0.1, 0.15) is 17.6 Å². The number of hydrogen-bond acceptors (Lipinski definition) is 3. The summed E-state index contributed by atoms with van der Waals surface area (Å²) in [6.45, 7) is -0.872. The van der Waals surface area contributed by atoms with Crippen LogP contribution in [0.3, 0.4) is 0 Å². The van der Waals surface area contributed by atoms with Gasteiger partial charge in [-0.05, 0) is 12.1 Å². The molecule has 0 aliphatic rings. The molecule has 0 aromatic carbocycles. The molecule has 0 atom stereocenters. The molecule has 0 radical (unpaired) electrons. The third-order valence-corrected chi connectivity index (χ3v) is 1.73. The van der Waals surface area contributed by atoms with Crippen molar-refractivity contribution in [2.75, 3.05) is 11.9 Å². The maximum Gasteiger partial charge on any atom is 0.433 e. The van der Waals surface area contributed by atoms with E-state index in [0.29, 0.717) is 6.07 Å². The van der Waals surface area contributed by atoms with Crippen LogP contribution in [0.2, 0.25) is 0 Å². The lowest BCUT2D eigenvalue weighted by molar-refractivity contribution is -0.141. The molecule has 0 fully saturated rings. The number of halogens is 5. The van der Waals surface area contributed by atoms with Crippen LogP contribution in [0.15, 0.2) is 12.1 Å². The lowest BCUT2D eigenvalue weighted by Crippen LogP contribution is -2.15. The Hall–Kier alpha value is -1.91. The minimum atomic E-state index is -4.69. The topological polar surface area (TPSA) is 48.7 Å². The molecule has 8 heteroatoms. The lowest BCUT2D eigenvalue weighted by Gasteiger charge is -2.10. The van der Waals surface area contributed by atoms with Crippen LogP contribution in [-0.4, -0.2) is 18.0 Å². The van der Waals surface area contributed by atoms with Crippen molar-refractivity contribution in [2.24, 2.45) is 0 Å². The Morgan fingerprint density at radius 3 is 2.47 bits per heavy atom. The number of nitrogens with one attached hydrogen (secondary N) is 1. The standard InChI is InChI=1S/C9H6F5N3/c10-7(11)4-16-8-5(3-15)1-2-6(17-8)9(12,13)14/h1-2,7H,4H2,(H,16,17). The molecule has 1 aromatic heterocycles. The zero-order valence-corrected chi connectivity index (χ0v) is 8.22. The second kappa shape index (κ2) is 4.95. The Labute approximate surface area is 92.9 Å². The van der Waals surface area contributed by atoms with E-state index in [4.69, 9.17) is 5.26 Å². The van der Waals surface area contributed by atoms with Gasteiger partial charge in [-0.15, -0.1) is 0 Å². The average Bonchev–Trinajstić information content (AvgIpc) is 2.24. The van der Waals surface area contributed by atoms with Crippen molar-refractivity contribution < 1.29 is 22.0 Å². The Bertz CT molecular complexity index is 435. The molecule has 0 aliphatic carbocycles. The summed E-state index contributed by atoms with van der Waals surface area (Å²) in [6, 6.07) is 3.06. The first-order chi connectivity index (χ1) is 7.84. The third-order valence-electron chi connectivity index (χ3n) is 1.73. The second-order valence-corrected chi connectivity index (χ2v) is 2.97. The van der Waals surface area contributed by atoms with Gasteiger partial charge in [0.15, 0.2) is 0 Å². The number of hydrogen-bond donors (Lipinski definition) is 1. The van der Waals surface area contributed by atoms with E-state index < -0.39 is 30.7 Å². The summed E-state index contributed by atoms with van der Waals surface area (Å²) in [7, 11) is 0. The van der Waals surface area contributed by atoms with E-state index in [1.165, 1.54) is 0 Å². The second-order valence-electron chi connectivity index (χ2n) is 2.97. The van der Waals surface area contributed by atoms with E-state index >= 15 is 0 Å². The largest absolute Gasteiger partial charge is 0.433 e. The maximum atomic E-state index is 12.3. The summed E-state index contributed by atoms with van der Waals surface area (Å²) in [6.07, 6.45) is -7.44. The van der Waals surface area contributed by atoms with Crippen LogP contribution >= 0.6 is 0 Å². The summed E-state index contributed by atoms with van der Waals surface area (Å²) in [4.78, 5) is 3.09. The van der Waals surface area contributed by atoms with Crippen molar-refractivity contribution in [1.82, 2.24) is 4.98 Å². The average molecular weight is 251 g/mol. The van der Waals surface area contributed by atoms with Crippen molar-refractivity contribution in [3.05, 3.63) is 23.4 Å². The molecule has 0 saturated heterocycles. The van der Waals surface area contributed by atoms with Crippen LogP contribution in [0.1, 0.15) is 11.3 Å². The van der Waals surface area contributed by atoms with Crippen molar-refractivity contribution >= 4 is 5.82 Å². The van der Waals surface area contributed by atoms with Gasteiger partial charge in [0, 0.05) is 0 Å². The molecular weight excluding hydrogens is 245 g/mol. The van der Waals surface area contributed by atoms with Gasteiger partial charge < -0.3 is 5.32 Å². The molecule has 1 heterocycles. The Morgan fingerprint density at radius 2 is 2.00 bits per heavy atom. The van der Waals surface area contributed by atoms with Crippen LogP contribution in [0.5, 0.6) is 0 Å². The van der Waals surface area contributed by atoms with Gasteiger partial charge in [-0.2, -0.15) is 18.4 Å². The fourth-order valence-corrected chi connectivity index (χ4v) is 1.02. The monoisotopic (exact) mass is 251 g/mol. The fourth-order valence-electron chi connectivity index (χ4n) is 1.02. The first-order valence-electron chi connectivity index (χ1n) is 4.35. The van der Waals surface area contributed by atoms with E-state index in [1.807, 2.05) is 5.32 Å². The zero-order valence-electron chi connectivity index (χ0n) is 8.22. The molecule has 0 spiro atoms. The molecule has 17 heavy (non-hydrogen) atoms. The van der Waals surface area contributed by atoms with Gasteiger partial charge >= 0.3 is 6.18 Å². The maximum absolute atomic E-state index is 12.3. The van der Waals surface area contributed by atoms with Crippen LogP contribution in [-0.2, 0) is 6.18 Å². The predicted octanol–water partition coefficient (Wildman–Crippen LogP) is 2.65. The number of aromatic nitrogens is 1. The summed E-state index contributed by atoms with van der Waals surface area (Å²) >= 11 is 0. The van der Waals surface area contributed by atoms with Crippen LogP contribution in [0.25, 0.3) is 0 Å². The van der Waals surface area contributed by atoms with Gasteiger partial charge in [0.25, 0.3) is 6.43 Å². The van der Waals surface area contributed by atoms with Gasteiger partial charge in [-0.1, -0.05) is 0 Å². The first kappa shape index (κ1) is 13.2. The first-order valence-corrected chi connectivity index (χ1v) is 4.35. The van der Waals surface area contributed by atoms with Crippen molar-refractivity contribution in [3.8, 4) is 6.07 Å². The molecule has 0 bridgehead atoms. The van der Waals surface area contributed by atoms with E-state index in [-0.39, 0.29) is 5.56 Å². The zero-order chi connectivity index (χ0) is 13.1. The smallest absolute Gasteiger partial charge is 0.363 e. The fraction of sp³-hybridized carbons (Fsp3) is 0.333. The minimum Gasteiger partial charge on any atom is -0.363 e. The quantitative estimate of drug-likeness (QED) is 0.840. The molecule has 0 unspecified atom stereocenters.